The highest BCUT2D eigenvalue weighted by Gasteiger charge is 2.31. The molecule has 19 heavy (non-hydrogen) atoms. The van der Waals surface area contributed by atoms with E-state index in [0.29, 0.717) is 11.5 Å². The summed E-state index contributed by atoms with van der Waals surface area (Å²) in [7, 11) is 2.25. The van der Waals surface area contributed by atoms with Gasteiger partial charge in [-0.1, -0.05) is 20.8 Å². The van der Waals surface area contributed by atoms with E-state index < -0.39 is 0 Å². The Morgan fingerprint density at radius 3 is 2.37 bits per heavy atom. The second-order valence-electron chi connectivity index (χ2n) is 6.45. The molecule has 0 aromatic heterocycles. The van der Waals surface area contributed by atoms with Crippen molar-refractivity contribution in [1.82, 2.24) is 15.1 Å². The van der Waals surface area contributed by atoms with E-state index in [9.17, 15) is 0 Å². The third-order valence-electron chi connectivity index (χ3n) is 5.03. The first-order valence-electron chi connectivity index (χ1n) is 8.20. The molecule has 1 heterocycles. The summed E-state index contributed by atoms with van der Waals surface area (Å²) < 4.78 is 0. The van der Waals surface area contributed by atoms with Crippen molar-refractivity contribution in [3.63, 3.8) is 0 Å². The van der Waals surface area contributed by atoms with Gasteiger partial charge in [-0.15, -0.1) is 0 Å². The van der Waals surface area contributed by atoms with Gasteiger partial charge in [-0.05, 0) is 45.2 Å². The van der Waals surface area contributed by atoms with Crippen molar-refractivity contribution >= 4 is 0 Å². The first-order chi connectivity index (χ1) is 9.06. The second kappa shape index (κ2) is 8.23. The van der Waals surface area contributed by atoms with Crippen LogP contribution in [0.1, 0.15) is 47.0 Å². The van der Waals surface area contributed by atoms with E-state index in [2.05, 4.69) is 49.9 Å². The Hall–Kier alpha value is -0.120. The molecule has 0 bridgehead atoms. The van der Waals surface area contributed by atoms with Crippen molar-refractivity contribution in [2.75, 3.05) is 46.3 Å². The maximum absolute atomic E-state index is 3.65. The molecule has 0 aromatic rings. The van der Waals surface area contributed by atoms with E-state index in [4.69, 9.17) is 0 Å². The van der Waals surface area contributed by atoms with E-state index in [1.54, 1.807) is 0 Å². The molecule has 1 aliphatic heterocycles. The lowest BCUT2D eigenvalue weighted by Crippen LogP contribution is -2.54. The monoisotopic (exact) mass is 269 g/mol. The number of hydrogen-bond acceptors (Lipinski definition) is 3. The minimum Gasteiger partial charge on any atom is -0.316 e. The Morgan fingerprint density at radius 1 is 1.16 bits per heavy atom. The van der Waals surface area contributed by atoms with E-state index >= 15 is 0 Å². The molecule has 3 nitrogen and oxygen atoms in total. The first kappa shape index (κ1) is 16.9. The van der Waals surface area contributed by atoms with Crippen molar-refractivity contribution in [3.8, 4) is 0 Å². The molecule has 1 aliphatic rings. The fraction of sp³-hybridized carbons (Fsp3) is 1.00. The SMILES string of the molecule is CCCNCC(CC)(CC)CN1CCN(C)C(C)C1. The van der Waals surface area contributed by atoms with Gasteiger partial charge in [0.1, 0.15) is 0 Å². The molecule has 1 fully saturated rings. The highest BCUT2D eigenvalue weighted by Crippen LogP contribution is 2.27. The Labute approximate surface area is 120 Å². The summed E-state index contributed by atoms with van der Waals surface area (Å²) in [5.74, 6) is 0. The molecule has 1 saturated heterocycles. The van der Waals surface area contributed by atoms with Crippen molar-refractivity contribution < 1.29 is 0 Å². The number of nitrogens with one attached hydrogen (secondary N) is 1. The van der Waals surface area contributed by atoms with Gasteiger partial charge in [0.2, 0.25) is 0 Å². The maximum Gasteiger partial charge on any atom is 0.0192 e. The molecule has 1 N–H and O–H groups in total. The fourth-order valence-corrected chi connectivity index (χ4v) is 3.05. The van der Waals surface area contributed by atoms with Crippen LogP contribution < -0.4 is 5.32 Å². The quantitative estimate of drug-likeness (QED) is 0.683. The van der Waals surface area contributed by atoms with Crippen LogP contribution in [0.5, 0.6) is 0 Å². The summed E-state index contributed by atoms with van der Waals surface area (Å²) in [4.78, 5) is 5.16. The summed E-state index contributed by atoms with van der Waals surface area (Å²) in [5.41, 5.74) is 0.463. The molecular formula is C16H35N3. The van der Waals surface area contributed by atoms with E-state index in [0.717, 1.165) is 6.54 Å². The van der Waals surface area contributed by atoms with E-state index in [-0.39, 0.29) is 0 Å². The minimum absolute atomic E-state index is 0.463. The fourth-order valence-electron chi connectivity index (χ4n) is 3.05. The summed E-state index contributed by atoms with van der Waals surface area (Å²) in [6.07, 6.45) is 3.79. The lowest BCUT2D eigenvalue weighted by Gasteiger charge is -2.43. The van der Waals surface area contributed by atoms with Gasteiger partial charge in [0, 0.05) is 38.8 Å². The van der Waals surface area contributed by atoms with Gasteiger partial charge in [0.05, 0.1) is 0 Å². The Kier molecular flexibility index (Phi) is 7.33. The van der Waals surface area contributed by atoms with Crippen molar-refractivity contribution in [2.24, 2.45) is 5.41 Å². The van der Waals surface area contributed by atoms with Crippen LogP contribution in [0.3, 0.4) is 0 Å². The standard InChI is InChI=1S/C16H35N3/c1-6-9-17-13-16(7-2,8-3)14-19-11-10-18(5)15(4)12-19/h15,17H,6-14H2,1-5H3. The molecule has 114 valence electrons. The second-order valence-corrected chi connectivity index (χ2v) is 6.45. The van der Waals surface area contributed by atoms with Crippen molar-refractivity contribution in [1.29, 1.82) is 0 Å². The van der Waals surface area contributed by atoms with Crippen LogP contribution in [0.2, 0.25) is 0 Å². The summed E-state index contributed by atoms with van der Waals surface area (Å²) >= 11 is 0. The zero-order valence-electron chi connectivity index (χ0n) is 13.8. The zero-order valence-corrected chi connectivity index (χ0v) is 13.8. The lowest BCUT2D eigenvalue weighted by molar-refractivity contribution is 0.0599. The van der Waals surface area contributed by atoms with E-state index in [1.807, 2.05) is 0 Å². The van der Waals surface area contributed by atoms with Gasteiger partial charge in [-0.2, -0.15) is 0 Å². The molecule has 0 radical (unpaired) electrons. The third kappa shape index (κ3) is 5.05. The van der Waals surface area contributed by atoms with E-state index in [1.165, 1.54) is 52.0 Å². The number of hydrogen-bond donors (Lipinski definition) is 1. The van der Waals surface area contributed by atoms with Crippen molar-refractivity contribution in [3.05, 3.63) is 0 Å². The molecule has 0 saturated carbocycles. The molecule has 0 aromatic carbocycles. The van der Waals surface area contributed by atoms with Gasteiger partial charge in [0.25, 0.3) is 0 Å². The molecule has 0 aliphatic carbocycles. The predicted molar refractivity (Wildman–Crippen MR) is 84.7 cm³/mol. The Bertz CT molecular complexity index is 238. The van der Waals surface area contributed by atoms with Crippen LogP contribution in [0.25, 0.3) is 0 Å². The smallest absolute Gasteiger partial charge is 0.0192 e. The predicted octanol–water partition coefficient (Wildman–Crippen LogP) is 2.43. The van der Waals surface area contributed by atoms with Crippen LogP contribution in [-0.4, -0.2) is 62.2 Å². The van der Waals surface area contributed by atoms with Crippen LogP contribution in [0.4, 0.5) is 0 Å². The number of rotatable bonds is 8. The van der Waals surface area contributed by atoms with Gasteiger partial charge in [-0.25, -0.2) is 0 Å². The van der Waals surface area contributed by atoms with Gasteiger partial charge < -0.3 is 10.2 Å². The maximum atomic E-state index is 3.65. The number of likely N-dealkylation sites (N-methyl/N-ethyl adjacent to an activating group) is 1. The normalized spacial score (nSPS) is 22.9. The summed E-state index contributed by atoms with van der Waals surface area (Å²) in [6, 6.07) is 0.698. The minimum atomic E-state index is 0.463. The summed E-state index contributed by atoms with van der Waals surface area (Å²) in [6.45, 7) is 16.6. The molecule has 0 amide bonds. The molecule has 1 unspecified atom stereocenters. The molecular weight excluding hydrogens is 234 g/mol. The Morgan fingerprint density at radius 2 is 1.84 bits per heavy atom. The van der Waals surface area contributed by atoms with Crippen LogP contribution in [0.15, 0.2) is 0 Å². The summed E-state index contributed by atoms with van der Waals surface area (Å²) in [5, 5.41) is 3.65. The molecule has 1 atom stereocenters. The van der Waals surface area contributed by atoms with Crippen molar-refractivity contribution in [2.45, 2.75) is 53.0 Å². The van der Waals surface area contributed by atoms with Gasteiger partial charge in [0.15, 0.2) is 0 Å². The lowest BCUT2D eigenvalue weighted by atomic mass is 9.81. The number of piperazine rings is 1. The molecule has 3 heteroatoms. The van der Waals surface area contributed by atoms with Crippen LogP contribution in [-0.2, 0) is 0 Å². The topological polar surface area (TPSA) is 18.5 Å². The van der Waals surface area contributed by atoms with Crippen LogP contribution >= 0.6 is 0 Å². The van der Waals surface area contributed by atoms with Crippen LogP contribution in [0, 0.1) is 5.41 Å². The average molecular weight is 269 g/mol. The van der Waals surface area contributed by atoms with Gasteiger partial charge >= 0.3 is 0 Å². The highest BCUT2D eigenvalue weighted by molar-refractivity contribution is 4.86. The molecule has 0 spiro atoms. The Balaban J connectivity index is 2.52. The highest BCUT2D eigenvalue weighted by atomic mass is 15.3. The largest absolute Gasteiger partial charge is 0.316 e. The van der Waals surface area contributed by atoms with Gasteiger partial charge in [-0.3, -0.25) is 4.90 Å². The average Bonchev–Trinajstić information content (AvgIpc) is 2.42. The molecule has 1 rings (SSSR count). The first-order valence-corrected chi connectivity index (χ1v) is 8.20. The zero-order chi connectivity index (χ0) is 14.3. The number of nitrogens with zero attached hydrogens (tertiary/aromatic N) is 2. The third-order valence-corrected chi connectivity index (χ3v) is 5.03.